The molecule has 0 spiro atoms. The maximum atomic E-state index is 5.69. The van der Waals surface area contributed by atoms with Gasteiger partial charge in [0.2, 0.25) is 0 Å². The Kier molecular flexibility index (Phi) is 5.40. The lowest BCUT2D eigenvalue weighted by Crippen LogP contribution is -2.49. The number of nitrogens with one attached hydrogen (secondary N) is 2. The van der Waals surface area contributed by atoms with E-state index in [2.05, 4.69) is 22.5 Å². The lowest BCUT2D eigenvalue weighted by atomic mass is 10.2. The highest BCUT2D eigenvalue weighted by Gasteiger charge is 2.12. The van der Waals surface area contributed by atoms with Crippen LogP contribution in [0.25, 0.3) is 0 Å². The molecule has 4 nitrogen and oxygen atoms in total. The maximum absolute atomic E-state index is 5.69. The van der Waals surface area contributed by atoms with Crippen LogP contribution in [0.3, 0.4) is 0 Å². The predicted octanol–water partition coefficient (Wildman–Crippen LogP) is -0.783. The second kappa shape index (κ2) is 6.35. The lowest BCUT2D eigenvalue weighted by molar-refractivity contribution is 0.219. The van der Waals surface area contributed by atoms with E-state index in [0.717, 1.165) is 26.2 Å². The molecule has 0 bridgehead atoms. The van der Waals surface area contributed by atoms with Crippen molar-refractivity contribution in [3.05, 3.63) is 0 Å². The molecular weight excluding hydrogens is 176 g/mol. The highest BCUT2D eigenvalue weighted by molar-refractivity contribution is 4.73. The van der Waals surface area contributed by atoms with Crippen molar-refractivity contribution in [2.24, 2.45) is 5.73 Å². The molecule has 4 heteroatoms. The summed E-state index contributed by atoms with van der Waals surface area (Å²) in [6, 6.07) is 0.791. The minimum absolute atomic E-state index is 0.250. The van der Waals surface area contributed by atoms with E-state index in [-0.39, 0.29) is 6.04 Å². The zero-order valence-electron chi connectivity index (χ0n) is 9.42. The lowest BCUT2D eigenvalue weighted by Gasteiger charge is -2.30. The van der Waals surface area contributed by atoms with Crippen LogP contribution >= 0.6 is 0 Å². The summed E-state index contributed by atoms with van der Waals surface area (Å²) in [6.07, 6.45) is 0. The van der Waals surface area contributed by atoms with Gasteiger partial charge >= 0.3 is 0 Å². The van der Waals surface area contributed by atoms with Crippen LogP contribution in [0.4, 0.5) is 0 Å². The topological polar surface area (TPSA) is 53.3 Å². The molecule has 0 amide bonds. The molecular formula is C10H24N4. The summed E-state index contributed by atoms with van der Waals surface area (Å²) in [5.74, 6) is 0. The van der Waals surface area contributed by atoms with Crippen LogP contribution in [-0.2, 0) is 0 Å². The second-order valence-electron chi connectivity index (χ2n) is 4.34. The molecule has 0 aromatic heterocycles. The fraction of sp³-hybridized carbons (Fsp3) is 1.00. The highest BCUT2D eigenvalue weighted by atomic mass is 15.2. The van der Waals surface area contributed by atoms with Gasteiger partial charge in [-0.15, -0.1) is 0 Å². The average Bonchev–Trinajstić information content (AvgIpc) is 2.16. The van der Waals surface area contributed by atoms with Crippen LogP contribution in [0, 0.1) is 0 Å². The summed E-state index contributed by atoms with van der Waals surface area (Å²) >= 11 is 0. The van der Waals surface area contributed by atoms with Gasteiger partial charge in [0.05, 0.1) is 0 Å². The Morgan fingerprint density at radius 2 is 2.00 bits per heavy atom. The molecule has 1 aliphatic rings. The summed E-state index contributed by atoms with van der Waals surface area (Å²) in [7, 11) is 0. The Labute approximate surface area is 87.2 Å². The van der Waals surface area contributed by atoms with Crippen molar-refractivity contribution >= 4 is 0 Å². The van der Waals surface area contributed by atoms with Crippen molar-refractivity contribution < 1.29 is 0 Å². The molecule has 2 unspecified atom stereocenters. The largest absolute Gasteiger partial charge is 0.327 e. The normalized spacial score (nSPS) is 23.4. The molecule has 14 heavy (non-hydrogen) atoms. The molecule has 1 fully saturated rings. The monoisotopic (exact) mass is 200 g/mol. The Hall–Kier alpha value is -0.160. The fourth-order valence-corrected chi connectivity index (χ4v) is 1.73. The van der Waals surface area contributed by atoms with Crippen molar-refractivity contribution in [3.63, 3.8) is 0 Å². The number of hydrogen-bond acceptors (Lipinski definition) is 4. The van der Waals surface area contributed by atoms with Crippen LogP contribution in [0.2, 0.25) is 0 Å². The van der Waals surface area contributed by atoms with Crippen LogP contribution in [-0.4, -0.2) is 56.3 Å². The Bertz CT molecular complexity index is 143. The molecule has 0 radical (unpaired) electrons. The molecule has 0 saturated carbocycles. The number of hydrogen-bond donors (Lipinski definition) is 3. The SMILES string of the molecule is CC(N)CNC(C)CN1CCNCC1. The van der Waals surface area contributed by atoms with Crippen LogP contribution in [0.5, 0.6) is 0 Å². The molecule has 2 atom stereocenters. The standard InChI is InChI=1S/C10H24N4/c1-9(11)7-13-10(2)8-14-5-3-12-4-6-14/h9-10,12-13H,3-8,11H2,1-2H3. The van der Waals surface area contributed by atoms with Crippen molar-refractivity contribution in [1.82, 2.24) is 15.5 Å². The first kappa shape index (κ1) is 11.9. The first-order valence-electron chi connectivity index (χ1n) is 5.60. The van der Waals surface area contributed by atoms with Gasteiger partial charge < -0.3 is 16.4 Å². The summed E-state index contributed by atoms with van der Waals surface area (Å²) in [4.78, 5) is 2.50. The van der Waals surface area contributed by atoms with Gasteiger partial charge in [-0.25, -0.2) is 0 Å². The Morgan fingerprint density at radius 3 is 2.57 bits per heavy atom. The first-order chi connectivity index (χ1) is 6.68. The molecule has 0 aliphatic carbocycles. The average molecular weight is 200 g/mol. The van der Waals surface area contributed by atoms with Crippen LogP contribution < -0.4 is 16.4 Å². The van der Waals surface area contributed by atoms with E-state index in [4.69, 9.17) is 5.73 Å². The second-order valence-corrected chi connectivity index (χ2v) is 4.34. The van der Waals surface area contributed by atoms with Gasteiger partial charge in [0.15, 0.2) is 0 Å². The van der Waals surface area contributed by atoms with E-state index in [1.165, 1.54) is 13.1 Å². The van der Waals surface area contributed by atoms with Crippen LogP contribution in [0.15, 0.2) is 0 Å². The third kappa shape index (κ3) is 4.91. The van der Waals surface area contributed by atoms with Gasteiger partial charge in [-0.05, 0) is 13.8 Å². The van der Waals surface area contributed by atoms with E-state index in [1.807, 2.05) is 6.92 Å². The Morgan fingerprint density at radius 1 is 1.36 bits per heavy atom. The molecule has 4 N–H and O–H groups in total. The fourth-order valence-electron chi connectivity index (χ4n) is 1.73. The molecule has 1 heterocycles. The van der Waals surface area contributed by atoms with Gasteiger partial charge in [0.1, 0.15) is 0 Å². The summed E-state index contributed by atoms with van der Waals surface area (Å²) in [5.41, 5.74) is 5.69. The number of rotatable bonds is 5. The number of nitrogens with two attached hydrogens (primary N) is 1. The van der Waals surface area contributed by atoms with E-state index < -0.39 is 0 Å². The third-order valence-corrected chi connectivity index (χ3v) is 2.53. The zero-order chi connectivity index (χ0) is 10.4. The minimum Gasteiger partial charge on any atom is -0.327 e. The van der Waals surface area contributed by atoms with Crippen molar-refractivity contribution in [2.75, 3.05) is 39.3 Å². The van der Waals surface area contributed by atoms with Crippen LogP contribution in [0.1, 0.15) is 13.8 Å². The highest BCUT2D eigenvalue weighted by Crippen LogP contribution is 1.94. The smallest absolute Gasteiger partial charge is 0.0167 e. The molecule has 1 rings (SSSR count). The summed E-state index contributed by atoms with van der Waals surface area (Å²) in [5, 5.41) is 6.80. The summed E-state index contributed by atoms with van der Waals surface area (Å²) in [6.45, 7) is 10.9. The minimum atomic E-state index is 0.250. The van der Waals surface area contributed by atoms with Gasteiger partial charge in [-0.2, -0.15) is 0 Å². The van der Waals surface area contributed by atoms with Gasteiger partial charge in [-0.1, -0.05) is 0 Å². The predicted molar refractivity (Wildman–Crippen MR) is 60.4 cm³/mol. The summed E-state index contributed by atoms with van der Waals surface area (Å²) < 4.78 is 0. The molecule has 1 aliphatic heterocycles. The number of nitrogens with zero attached hydrogens (tertiary/aromatic N) is 1. The third-order valence-electron chi connectivity index (χ3n) is 2.53. The van der Waals surface area contributed by atoms with Gasteiger partial charge in [0, 0.05) is 51.4 Å². The number of piperazine rings is 1. The molecule has 84 valence electrons. The van der Waals surface area contributed by atoms with Gasteiger partial charge in [0.25, 0.3) is 0 Å². The van der Waals surface area contributed by atoms with Crippen molar-refractivity contribution in [3.8, 4) is 0 Å². The molecule has 0 aromatic carbocycles. The quantitative estimate of drug-likeness (QED) is 0.545. The van der Waals surface area contributed by atoms with Gasteiger partial charge in [-0.3, -0.25) is 4.90 Å². The van der Waals surface area contributed by atoms with Crippen molar-refractivity contribution in [1.29, 1.82) is 0 Å². The van der Waals surface area contributed by atoms with Crippen molar-refractivity contribution in [2.45, 2.75) is 25.9 Å². The molecule has 1 saturated heterocycles. The van der Waals surface area contributed by atoms with E-state index in [9.17, 15) is 0 Å². The van der Waals surface area contributed by atoms with E-state index in [1.54, 1.807) is 0 Å². The molecule has 0 aromatic rings. The maximum Gasteiger partial charge on any atom is 0.0167 e. The Balaban J connectivity index is 2.09. The van der Waals surface area contributed by atoms with E-state index >= 15 is 0 Å². The zero-order valence-corrected chi connectivity index (χ0v) is 9.42. The van der Waals surface area contributed by atoms with E-state index in [0.29, 0.717) is 6.04 Å². The first-order valence-corrected chi connectivity index (χ1v) is 5.60.